The molecule has 0 N–H and O–H groups in total. The number of ether oxygens (including phenoxy) is 1. The van der Waals surface area contributed by atoms with Crippen LogP contribution in [-0.2, 0) is 9.53 Å². The van der Waals surface area contributed by atoms with Crippen molar-refractivity contribution in [3.8, 4) is 10.6 Å². The fraction of sp³-hybridized carbons (Fsp3) is 0.389. The molecule has 1 atom stereocenters. The summed E-state index contributed by atoms with van der Waals surface area (Å²) in [6, 6.07) is 7.31. The van der Waals surface area contributed by atoms with E-state index in [2.05, 4.69) is 4.98 Å². The number of hydrogen-bond acceptors (Lipinski definition) is 5. The van der Waals surface area contributed by atoms with E-state index in [9.17, 15) is 9.59 Å². The number of thiazole rings is 1. The predicted molar refractivity (Wildman–Crippen MR) is 98.0 cm³/mol. The highest BCUT2D eigenvalue weighted by atomic mass is 35.5. The van der Waals surface area contributed by atoms with Crippen LogP contribution in [0.4, 0.5) is 0 Å². The fourth-order valence-electron chi connectivity index (χ4n) is 2.79. The first-order chi connectivity index (χ1) is 12.0. The summed E-state index contributed by atoms with van der Waals surface area (Å²) in [6.45, 7) is 4.85. The first-order valence-electron chi connectivity index (χ1n) is 8.19. The maximum Gasteiger partial charge on any atom is 0.351 e. The van der Waals surface area contributed by atoms with Crippen LogP contribution in [0.3, 0.4) is 0 Å². The summed E-state index contributed by atoms with van der Waals surface area (Å²) in [6.07, 6.45) is 1.22. The zero-order valence-corrected chi connectivity index (χ0v) is 15.7. The lowest BCUT2D eigenvalue weighted by Gasteiger charge is -2.20. The van der Waals surface area contributed by atoms with Crippen molar-refractivity contribution < 1.29 is 14.3 Å². The van der Waals surface area contributed by atoms with Gasteiger partial charge in [-0.3, -0.25) is 4.79 Å². The van der Waals surface area contributed by atoms with Crippen LogP contribution in [0, 0.1) is 6.92 Å². The van der Waals surface area contributed by atoms with E-state index in [1.54, 1.807) is 30.9 Å². The minimum Gasteiger partial charge on any atom is -0.448 e. The van der Waals surface area contributed by atoms with Gasteiger partial charge in [-0.05, 0) is 38.8 Å². The number of aromatic nitrogens is 1. The smallest absolute Gasteiger partial charge is 0.351 e. The molecule has 0 spiro atoms. The first-order valence-corrected chi connectivity index (χ1v) is 9.38. The molecule has 1 aliphatic rings. The van der Waals surface area contributed by atoms with Crippen LogP contribution in [0.1, 0.15) is 35.1 Å². The van der Waals surface area contributed by atoms with Gasteiger partial charge in [-0.15, -0.1) is 11.3 Å². The second-order valence-corrected chi connectivity index (χ2v) is 7.46. The number of halogens is 1. The molecule has 1 fully saturated rings. The van der Waals surface area contributed by atoms with Gasteiger partial charge < -0.3 is 9.64 Å². The standard InChI is InChI=1S/C18H19ClN2O3S/c1-11-15(25-16(20-11)13-6-5-7-14(19)10-13)18(23)24-12(2)17(22)21-8-3-4-9-21/h5-7,10,12H,3-4,8-9H2,1-2H3/t12-/m1/s1. The third-order valence-electron chi connectivity index (χ3n) is 4.10. The Hall–Kier alpha value is -1.92. The lowest BCUT2D eigenvalue weighted by atomic mass is 10.2. The van der Waals surface area contributed by atoms with Crippen molar-refractivity contribution in [2.75, 3.05) is 13.1 Å². The number of nitrogens with zero attached hydrogens (tertiary/aromatic N) is 2. The number of benzene rings is 1. The largest absolute Gasteiger partial charge is 0.448 e. The highest BCUT2D eigenvalue weighted by Gasteiger charge is 2.27. The number of carbonyl (C=O) groups excluding carboxylic acids is 2. The van der Waals surface area contributed by atoms with E-state index in [-0.39, 0.29) is 5.91 Å². The van der Waals surface area contributed by atoms with E-state index in [1.165, 1.54) is 11.3 Å². The van der Waals surface area contributed by atoms with Gasteiger partial charge in [0, 0.05) is 23.7 Å². The van der Waals surface area contributed by atoms with Crippen molar-refractivity contribution in [2.24, 2.45) is 0 Å². The van der Waals surface area contributed by atoms with Crippen LogP contribution in [0.15, 0.2) is 24.3 Å². The molecule has 0 unspecified atom stereocenters. The Bertz CT molecular complexity index is 799. The zero-order chi connectivity index (χ0) is 18.0. The van der Waals surface area contributed by atoms with Gasteiger partial charge in [-0.1, -0.05) is 23.7 Å². The monoisotopic (exact) mass is 378 g/mol. The summed E-state index contributed by atoms with van der Waals surface area (Å²) in [5, 5.41) is 1.31. The normalized spacial score (nSPS) is 15.2. The van der Waals surface area contributed by atoms with Crippen LogP contribution < -0.4 is 0 Å². The van der Waals surface area contributed by atoms with Gasteiger partial charge in [-0.2, -0.15) is 0 Å². The summed E-state index contributed by atoms with van der Waals surface area (Å²) in [5.74, 6) is -0.647. The summed E-state index contributed by atoms with van der Waals surface area (Å²) < 4.78 is 5.38. The van der Waals surface area contributed by atoms with Crippen molar-refractivity contribution in [3.63, 3.8) is 0 Å². The van der Waals surface area contributed by atoms with Gasteiger partial charge in [0.2, 0.25) is 0 Å². The molecule has 0 radical (unpaired) electrons. The number of likely N-dealkylation sites (tertiary alicyclic amines) is 1. The maximum atomic E-state index is 12.5. The number of hydrogen-bond donors (Lipinski definition) is 0. The molecule has 1 aliphatic heterocycles. The molecular weight excluding hydrogens is 360 g/mol. The number of rotatable bonds is 4. The fourth-order valence-corrected chi connectivity index (χ4v) is 3.93. The Morgan fingerprint density at radius 3 is 2.72 bits per heavy atom. The van der Waals surface area contributed by atoms with Crippen LogP contribution in [0.25, 0.3) is 10.6 Å². The minimum absolute atomic E-state index is 0.136. The van der Waals surface area contributed by atoms with Gasteiger partial charge in [0.1, 0.15) is 9.88 Å². The van der Waals surface area contributed by atoms with E-state index in [0.29, 0.717) is 20.6 Å². The minimum atomic E-state index is -0.790. The van der Waals surface area contributed by atoms with Gasteiger partial charge in [-0.25, -0.2) is 9.78 Å². The van der Waals surface area contributed by atoms with E-state index in [0.717, 1.165) is 31.5 Å². The molecule has 1 aromatic carbocycles. The zero-order valence-electron chi connectivity index (χ0n) is 14.1. The molecule has 0 aliphatic carbocycles. The van der Waals surface area contributed by atoms with Crippen molar-refractivity contribution in [2.45, 2.75) is 32.8 Å². The highest BCUT2D eigenvalue weighted by molar-refractivity contribution is 7.17. The van der Waals surface area contributed by atoms with Crippen molar-refractivity contribution in [1.82, 2.24) is 9.88 Å². The van der Waals surface area contributed by atoms with Gasteiger partial charge in [0.25, 0.3) is 5.91 Å². The Kier molecular flexibility index (Phi) is 5.39. The average molecular weight is 379 g/mol. The molecule has 132 valence electrons. The molecule has 1 saturated heterocycles. The van der Waals surface area contributed by atoms with Gasteiger partial charge >= 0.3 is 5.97 Å². The van der Waals surface area contributed by atoms with Gasteiger partial charge in [0.05, 0.1) is 5.69 Å². The highest BCUT2D eigenvalue weighted by Crippen LogP contribution is 2.30. The second-order valence-electron chi connectivity index (χ2n) is 6.02. The van der Waals surface area contributed by atoms with Crippen LogP contribution in [0.2, 0.25) is 5.02 Å². The molecule has 0 saturated carbocycles. The number of esters is 1. The molecule has 1 amide bonds. The molecule has 5 nitrogen and oxygen atoms in total. The molecule has 7 heteroatoms. The molecular formula is C18H19ClN2O3S. The number of carbonyl (C=O) groups is 2. The van der Waals surface area contributed by atoms with E-state index in [1.807, 2.05) is 12.1 Å². The Morgan fingerprint density at radius 1 is 1.32 bits per heavy atom. The van der Waals surface area contributed by atoms with Crippen LogP contribution in [-0.4, -0.2) is 41.0 Å². The maximum absolute atomic E-state index is 12.5. The predicted octanol–water partition coefficient (Wildman–Crippen LogP) is 3.94. The first kappa shape index (κ1) is 17.9. The lowest BCUT2D eigenvalue weighted by molar-refractivity contribution is -0.138. The van der Waals surface area contributed by atoms with E-state index in [4.69, 9.17) is 16.3 Å². The molecule has 25 heavy (non-hydrogen) atoms. The third kappa shape index (κ3) is 4.02. The van der Waals surface area contributed by atoms with Crippen molar-refractivity contribution in [3.05, 3.63) is 39.9 Å². The lowest BCUT2D eigenvalue weighted by Crippen LogP contribution is -2.38. The van der Waals surface area contributed by atoms with Crippen LogP contribution >= 0.6 is 22.9 Å². The van der Waals surface area contributed by atoms with Crippen molar-refractivity contribution >= 4 is 34.8 Å². The van der Waals surface area contributed by atoms with E-state index < -0.39 is 12.1 Å². The second kappa shape index (κ2) is 7.54. The molecule has 0 bridgehead atoms. The quantitative estimate of drug-likeness (QED) is 0.756. The van der Waals surface area contributed by atoms with Crippen molar-refractivity contribution in [1.29, 1.82) is 0 Å². The summed E-state index contributed by atoms with van der Waals surface area (Å²) in [5.41, 5.74) is 1.44. The van der Waals surface area contributed by atoms with Crippen LogP contribution in [0.5, 0.6) is 0 Å². The SMILES string of the molecule is Cc1nc(-c2cccc(Cl)c2)sc1C(=O)O[C@H](C)C(=O)N1CCCC1. The Morgan fingerprint density at radius 2 is 2.04 bits per heavy atom. The Balaban J connectivity index is 1.73. The molecule has 1 aromatic heterocycles. The topological polar surface area (TPSA) is 59.5 Å². The number of amides is 1. The Labute approximate surface area is 155 Å². The average Bonchev–Trinajstić information content (AvgIpc) is 3.23. The number of aryl methyl sites for hydroxylation is 1. The summed E-state index contributed by atoms with van der Waals surface area (Å²) >= 11 is 7.26. The third-order valence-corrected chi connectivity index (χ3v) is 5.52. The molecule has 3 rings (SSSR count). The summed E-state index contributed by atoms with van der Waals surface area (Å²) in [4.78, 5) is 31.3. The molecule has 2 heterocycles. The van der Waals surface area contributed by atoms with Gasteiger partial charge in [0.15, 0.2) is 6.10 Å². The molecule has 2 aromatic rings. The summed E-state index contributed by atoms with van der Waals surface area (Å²) in [7, 11) is 0. The van der Waals surface area contributed by atoms with E-state index >= 15 is 0 Å².